The molecule has 1 aliphatic rings. The molecule has 0 spiro atoms. The molecule has 0 aromatic carbocycles. The van der Waals surface area contributed by atoms with Crippen LogP contribution >= 0.6 is 22.9 Å². The van der Waals surface area contributed by atoms with Gasteiger partial charge in [-0.2, -0.15) is 0 Å². The summed E-state index contributed by atoms with van der Waals surface area (Å²) in [5.74, 6) is 0.993. The summed E-state index contributed by atoms with van der Waals surface area (Å²) in [6, 6.07) is 1.17. The second kappa shape index (κ2) is 8.00. The second-order valence-corrected chi connectivity index (χ2v) is 8.61. The number of amides is 2. The van der Waals surface area contributed by atoms with Crippen LogP contribution in [0.3, 0.4) is 0 Å². The summed E-state index contributed by atoms with van der Waals surface area (Å²) in [5.41, 5.74) is 2.76. The van der Waals surface area contributed by atoms with Crippen LogP contribution in [0.1, 0.15) is 17.8 Å². The van der Waals surface area contributed by atoms with E-state index in [0.29, 0.717) is 28.2 Å². The van der Waals surface area contributed by atoms with Gasteiger partial charge in [0.1, 0.15) is 15.4 Å². The fourth-order valence-corrected chi connectivity index (χ4v) is 4.16. The third kappa shape index (κ3) is 4.35. The first kappa shape index (κ1) is 19.7. The summed E-state index contributed by atoms with van der Waals surface area (Å²) in [6.07, 6.45) is 5.64. The van der Waals surface area contributed by atoms with Gasteiger partial charge in [-0.15, -0.1) is 0 Å². The zero-order valence-electron chi connectivity index (χ0n) is 16.3. The molecular weight excluding hydrogens is 412 g/mol. The lowest BCUT2D eigenvalue weighted by molar-refractivity contribution is 0.262. The van der Waals surface area contributed by atoms with Crippen LogP contribution in [0.15, 0.2) is 18.5 Å². The summed E-state index contributed by atoms with van der Waals surface area (Å²) in [5, 5.41) is 6.88. The molecule has 0 unspecified atom stereocenters. The number of urea groups is 1. The number of hydrogen-bond donors (Lipinski definition) is 2. The Balaban J connectivity index is 1.59. The maximum Gasteiger partial charge on any atom is 0.323 e. The molecule has 152 valence electrons. The van der Waals surface area contributed by atoms with Crippen LogP contribution in [0.2, 0.25) is 5.02 Å². The molecular formula is C19H21ClN6O2S. The largest absolute Gasteiger partial charge is 0.480 e. The van der Waals surface area contributed by atoms with E-state index in [0.717, 1.165) is 27.6 Å². The fraction of sp³-hybridized carbons (Fsp3) is 0.368. The average Bonchev–Trinajstić information content (AvgIpc) is 3.39. The maximum absolute atomic E-state index is 12.6. The topological polar surface area (TPSA) is 92.3 Å². The van der Waals surface area contributed by atoms with Crippen molar-refractivity contribution < 1.29 is 9.53 Å². The van der Waals surface area contributed by atoms with Crippen molar-refractivity contribution in [3.05, 3.63) is 28.5 Å². The zero-order valence-corrected chi connectivity index (χ0v) is 17.9. The number of aromatic nitrogens is 3. The Hall–Kier alpha value is -2.65. The first-order valence-electron chi connectivity index (χ1n) is 9.19. The van der Waals surface area contributed by atoms with Crippen LogP contribution < -0.4 is 20.3 Å². The molecule has 3 heterocycles. The van der Waals surface area contributed by atoms with Crippen LogP contribution in [-0.2, 0) is 0 Å². The van der Waals surface area contributed by atoms with Gasteiger partial charge in [-0.25, -0.2) is 19.7 Å². The highest BCUT2D eigenvalue weighted by atomic mass is 35.5. The van der Waals surface area contributed by atoms with Crippen LogP contribution in [0, 0.1) is 12.8 Å². The summed E-state index contributed by atoms with van der Waals surface area (Å²) in [7, 11) is 3.51. The molecule has 0 bridgehead atoms. The van der Waals surface area contributed by atoms with E-state index in [1.165, 1.54) is 26.1 Å². The maximum atomic E-state index is 12.6. The number of halogens is 1. The number of nitrogens with one attached hydrogen (secondary N) is 2. The highest BCUT2D eigenvalue weighted by Crippen LogP contribution is 2.38. The molecule has 1 aliphatic carbocycles. The number of carbonyl (C=O) groups excluding carboxylic acids is 1. The Labute approximate surface area is 177 Å². The van der Waals surface area contributed by atoms with Gasteiger partial charge in [-0.05, 0) is 31.7 Å². The smallest absolute Gasteiger partial charge is 0.323 e. The number of methoxy groups -OCH3 is 1. The minimum absolute atomic E-state index is 0.301. The summed E-state index contributed by atoms with van der Waals surface area (Å²) < 4.78 is 5.03. The lowest BCUT2D eigenvalue weighted by Crippen LogP contribution is -2.25. The van der Waals surface area contributed by atoms with Crippen molar-refractivity contribution in [2.45, 2.75) is 19.8 Å². The highest BCUT2D eigenvalue weighted by Gasteiger charge is 2.26. The molecule has 0 aliphatic heterocycles. The molecule has 2 amide bonds. The molecule has 0 radical (unpaired) electrons. The Kier molecular flexibility index (Phi) is 5.42. The van der Waals surface area contributed by atoms with Crippen molar-refractivity contribution in [2.24, 2.45) is 5.92 Å². The lowest BCUT2D eigenvalue weighted by Gasteiger charge is -2.22. The van der Waals surface area contributed by atoms with E-state index < -0.39 is 6.03 Å². The number of rotatable bonds is 6. The van der Waals surface area contributed by atoms with Crippen LogP contribution in [0.4, 0.5) is 21.9 Å². The molecule has 0 saturated heterocycles. The molecule has 29 heavy (non-hydrogen) atoms. The zero-order chi connectivity index (χ0) is 20.5. The monoisotopic (exact) mass is 432 g/mol. The molecule has 0 atom stereocenters. The van der Waals surface area contributed by atoms with E-state index in [-0.39, 0.29) is 0 Å². The molecule has 3 aromatic heterocycles. The van der Waals surface area contributed by atoms with E-state index in [1.54, 1.807) is 23.6 Å². The number of aryl methyl sites for hydroxylation is 1. The van der Waals surface area contributed by atoms with Gasteiger partial charge in [0.05, 0.1) is 41.6 Å². The molecule has 2 N–H and O–H groups in total. The molecule has 1 saturated carbocycles. The molecule has 10 heteroatoms. The van der Waals surface area contributed by atoms with Gasteiger partial charge in [0.2, 0.25) is 5.88 Å². The summed E-state index contributed by atoms with van der Waals surface area (Å²) in [6.45, 7) is 2.88. The van der Waals surface area contributed by atoms with E-state index in [4.69, 9.17) is 16.3 Å². The number of anilines is 3. The van der Waals surface area contributed by atoms with E-state index in [9.17, 15) is 4.79 Å². The molecule has 1 fully saturated rings. The lowest BCUT2D eigenvalue weighted by atomic mass is 10.2. The minimum atomic E-state index is -0.415. The van der Waals surface area contributed by atoms with Gasteiger partial charge in [-0.1, -0.05) is 22.9 Å². The van der Waals surface area contributed by atoms with Crippen molar-refractivity contribution >= 4 is 56.4 Å². The molecule has 4 rings (SSSR count). The van der Waals surface area contributed by atoms with Gasteiger partial charge in [0, 0.05) is 13.6 Å². The number of carbonyl (C=O) groups is 1. The van der Waals surface area contributed by atoms with Crippen molar-refractivity contribution in [1.29, 1.82) is 0 Å². The first-order valence-corrected chi connectivity index (χ1v) is 10.4. The Morgan fingerprint density at radius 3 is 2.83 bits per heavy atom. The SMILES string of the molecule is COc1ncc(NC(=O)Nc2cnc3sc(C)nc3c2N(C)CC2CC2)cc1Cl. The van der Waals surface area contributed by atoms with Crippen molar-refractivity contribution in [1.82, 2.24) is 15.0 Å². The number of thiazole rings is 1. The van der Waals surface area contributed by atoms with Gasteiger partial charge in [0.25, 0.3) is 0 Å². The van der Waals surface area contributed by atoms with E-state index >= 15 is 0 Å². The Morgan fingerprint density at radius 2 is 2.14 bits per heavy atom. The number of pyridine rings is 2. The first-order chi connectivity index (χ1) is 13.9. The number of nitrogens with zero attached hydrogens (tertiary/aromatic N) is 4. The number of fused-ring (bicyclic) bond motifs is 1. The Morgan fingerprint density at radius 1 is 1.34 bits per heavy atom. The van der Waals surface area contributed by atoms with Crippen LogP contribution in [0.5, 0.6) is 5.88 Å². The quantitative estimate of drug-likeness (QED) is 0.593. The normalized spacial score (nSPS) is 13.4. The van der Waals surface area contributed by atoms with Crippen LogP contribution in [0.25, 0.3) is 10.3 Å². The van der Waals surface area contributed by atoms with Crippen LogP contribution in [-0.4, -0.2) is 41.7 Å². The average molecular weight is 433 g/mol. The van der Waals surface area contributed by atoms with E-state index in [1.807, 2.05) is 14.0 Å². The molecule has 8 nitrogen and oxygen atoms in total. The summed E-state index contributed by atoms with van der Waals surface area (Å²) >= 11 is 7.62. The minimum Gasteiger partial charge on any atom is -0.480 e. The van der Waals surface area contributed by atoms with Gasteiger partial charge < -0.3 is 20.3 Å². The van der Waals surface area contributed by atoms with E-state index in [2.05, 4.69) is 30.5 Å². The standard InChI is InChI=1S/C19H21ClN6O2S/c1-10-23-15-16(26(2)9-11-4-5-11)14(8-22-18(15)29-10)25-19(27)24-12-6-13(20)17(28-3)21-7-12/h6-8,11H,4-5,9H2,1-3H3,(H2,24,25,27). The van der Waals surface area contributed by atoms with Gasteiger partial charge >= 0.3 is 6.03 Å². The molecule has 3 aromatic rings. The van der Waals surface area contributed by atoms with Crippen molar-refractivity contribution in [3.63, 3.8) is 0 Å². The number of ether oxygens (including phenoxy) is 1. The highest BCUT2D eigenvalue weighted by molar-refractivity contribution is 7.18. The Bertz CT molecular complexity index is 1070. The fourth-order valence-electron chi connectivity index (χ4n) is 3.16. The third-order valence-corrected chi connectivity index (χ3v) is 5.77. The van der Waals surface area contributed by atoms with Gasteiger partial charge in [0.15, 0.2) is 0 Å². The predicted molar refractivity (Wildman–Crippen MR) is 117 cm³/mol. The second-order valence-electron chi connectivity index (χ2n) is 7.03. The predicted octanol–water partition coefficient (Wildman–Crippen LogP) is 4.55. The third-order valence-electron chi connectivity index (χ3n) is 4.62. The van der Waals surface area contributed by atoms with Crippen molar-refractivity contribution in [3.8, 4) is 5.88 Å². The van der Waals surface area contributed by atoms with Gasteiger partial charge in [-0.3, -0.25) is 0 Å². The summed E-state index contributed by atoms with van der Waals surface area (Å²) in [4.78, 5) is 28.8. The number of hydrogen-bond acceptors (Lipinski definition) is 7. The van der Waals surface area contributed by atoms with Crippen molar-refractivity contribution in [2.75, 3.05) is 36.2 Å².